The minimum absolute atomic E-state index is 0.0532. The highest BCUT2D eigenvalue weighted by Crippen LogP contribution is 2.43. The van der Waals surface area contributed by atoms with Crippen molar-refractivity contribution >= 4 is 154 Å². The number of nitro benzene ring substituents is 2. The van der Waals surface area contributed by atoms with Gasteiger partial charge in [0.15, 0.2) is 5.43 Å². The maximum atomic E-state index is 13.1. The number of anilines is 5. The number of nitrogens with zero attached hydrogens (tertiary/aromatic N) is 4. The number of non-ortho nitro benzene ring substituents is 2. The van der Waals surface area contributed by atoms with Gasteiger partial charge in [0.05, 0.1) is 147 Å². The lowest BCUT2D eigenvalue weighted by molar-refractivity contribution is -0.385. The first-order valence-corrected chi connectivity index (χ1v) is 43.6. The Balaban J connectivity index is 0.000000176. The van der Waals surface area contributed by atoms with Crippen molar-refractivity contribution in [2.45, 2.75) is 27.7 Å². The molecule has 31 heteroatoms. The normalized spacial score (nSPS) is 11.5. The summed E-state index contributed by atoms with van der Waals surface area (Å²) in [5.41, 5.74) is 11.2. The Kier molecular flexibility index (Phi) is 25.0. The van der Waals surface area contributed by atoms with E-state index in [1.165, 1.54) is 45.6 Å². The number of para-hydroxylation sites is 6. The molecule has 0 saturated heterocycles. The molecule has 0 unspecified atom stereocenters. The average molecular weight is 1540 g/mol. The number of amides is 3. The van der Waals surface area contributed by atoms with Crippen LogP contribution in [0.3, 0.4) is 0 Å². The van der Waals surface area contributed by atoms with Crippen LogP contribution < -0.4 is 50.9 Å². The molecule has 0 spiro atoms. The van der Waals surface area contributed by atoms with Crippen LogP contribution in [0, 0.1) is 47.9 Å². The van der Waals surface area contributed by atoms with Crippen LogP contribution in [0.25, 0.3) is 65.4 Å². The van der Waals surface area contributed by atoms with Gasteiger partial charge in [0.1, 0.15) is 38.7 Å². The van der Waals surface area contributed by atoms with E-state index in [0.717, 1.165) is 56.0 Å². The third-order valence-corrected chi connectivity index (χ3v) is 20.1. The number of hydrogen-bond donors (Lipinski definition) is 7. The SMILES string of the molecule is COc1cc(NS(C)(=O)=O)ccc1Nc1c2cccc(C)c2nc2c(C(=O)NCP(C)(C)=O)cccc12.COc1cc([N+](=O)[O-])ccc1C.COc1cc([N+](=O)[O-])ccc1Nc1c2cccc(C)c2nc2c(C(=O)NCP(C)(C)=O)cccc12.Cc1cccc2c(=O)c3cccc(C(=O)NCP(C)(C)=O)c3[nH]c12. The standard InChI is InChI=1S/C26H29N4O5PS.C25H25N4O5P.C18H19N2O3P.C8H9NO3/c1-16-8-6-9-18-23(16)29-25-19(10-7-11-20(25)26(31)27-15-36(3,4)32)24(18)28-21-13-12-17(14-22(21)35-2)30-37(5,33)34;1-15-7-5-8-17-22(15)28-24-18(9-6-10-19(24)25(30)26-14-35(3,4)33)23(17)27-20-12-11-16(29(31)32)13-21(20)34-2;1-11-6-4-7-12-15(11)20-16-13(17(12)21)8-5-9-14(16)18(22)19-10-24(2,3)23;1-6-3-4-7(9(10)11)5-8(6)12-2/h6-14,30H,15H2,1-5H3,(H,27,31)(H,28,29);5-13H,14H2,1-4H3,(H,26,30)(H,27,28);4-9H,10H2,1-3H3,(H,19,22)(H,20,21);3-5H,1-2H3. The van der Waals surface area contributed by atoms with E-state index in [1.54, 1.807) is 119 Å². The van der Waals surface area contributed by atoms with Crippen LogP contribution in [-0.2, 0) is 23.7 Å². The van der Waals surface area contributed by atoms with Gasteiger partial charge in [0.2, 0.25) is 10.0 Å². The first-order chi connectivity index (χ1) is 50.9. The Labute approximate surface area is 622 Å². The number of pyridine rings is 3. The van der Waals surface area contributed by atoms with Gasteiger partial charge in [-0.1, -0.05) is 78.9 Å². The number of aromatic nitrogens is 3. The molecule has 27 nitrogen and oxygen atoms in total. The molecule has 0 aliphatic rings. The summed E-state index contributed by atoms with van der Waals surface area (Å²) in [6.07, 6.45) is 1.38. The lowest BCUT2D eigenvalue weighted by atomic mass is 10.0. The van der Waals surface area contributed by atoms with Crippen molar-refractivity contribution in [3.63, 3.8) is 0 Å². The van der Waals surface area contributed by atoms with E-state index in [2.05, 4.69) is 36.3 Å². The summed E-state index contributed by atoms with van der Waals surface area (Å²) in [5.74, 6) is 0.223. The Morgan fingerprint density at radius 3 is 1.24 bits per heavy atom. The molecule has 562 valence electrons. The second-order valence-electron chi connectivity index (χ2n) is 26.8. The van der Waals surface area contributed by atoms with Crippen molar-refractivity contribution in [3.8, 4) is 17.2 Å². The van der Waals surface area contributed by atoms with Crippen molar-refractivity contribution < 1.29 is 60.6 Å². The molecule has 0 fully saturated rings. The fraction of sp³-hybridized carbons (Fsp3) is 0.221. The predicted molar refractivity (Wildman–Crippen MR) is 432 cm³/mol. The Hall–Kier alpha value is -11.6. The van der Waals surface area contributed by atoms with Gasteiger partial charge < -0.3 is 59.5 Å². The summed E-state index contributed by atoms with van der Waals surface area (Å²) in [7, 11) is -6.28. The molecule has 7 N–H and O–H groups in total. The summed E-state index contributed by atoms with van der Waals surface area (Å²) in [4.78, 5) is 84.9. The van der Waals surface area contributed by atoms with E-state index in [4.69, 9.17) is 24.2 Å². The predicted octanol–water partition coefficient (Wildman–Crippen LogP) is 16.0. The second kappa shape index (κ2) is 33.5. The third kappa shape index (κ3) is 19.7. The summed E-state index contributed by atoms with van der Waals surface area (Å²) in [6.45, 7) is 17.4. The van der Waals surface area contributed by atoms with Crippen molar-refractivity contribution in [2.24, 2.45) is 0 Å². The maximum Gasteiger partial charge on any atom is 0.273 e. The summed E-state index contributed by atoms with van der Waals surface area (Å²) < 4.78 is 77.8. The summed E-state index contributed by atoms with van der Waals surface area (Å²) in [5, 5.41) is 40.7. The zero-order valence-electron chi connectivity index (χ0n) is 61.8. The molecule has 0 aliphatic heterocycles. The molecule has 0 aliphatic carbocycles. The van der Waals surface area contributed by atoms with E-state index in [-0.39, 0.29) is 53.4 Å². The maximum absolute atomic E-state index is 13.1. The van der Waals surface area contributed by atoms with Crippen molar-refractivity contribution in [2.75, 3.05) is 102 Å². The van der Waals surface area contributed by atoms with Crippen LogP contribution in [0.4, 0.5) is 39.8 Å². The zero-order valence-corrected chi connectivity index (χ0v) is 65.3. The topological polar surface area (TPSA) is 381 Å². The largest absolute Gasteiger partial charge is 0.496 e. The van der Waals surface area contributed by atoms with Gasteiger partial charge in [-0.05, 0) is 145 Å². The monoisotopic (exact) mass is 1540 g/mol. The molecule has 0 radical (unpaired) electrons. The number of aromatic amines is 1. The molecule has 9 aromatic carbocycles. The third-order valence-electron chi connectivity index (χ3n) is 16.8. The summed E-state index contributed by atoms with van der Waals surface area (Å²) >= 11 is 0. The Morgan fingerprint density at radius 2 is 0.815 bits per heavy atom. The van der Waals surface area contributed by atoms with Gasteiger partial charge in [-0.15, -0.1) is 0 Å². The lowest BCUT2D eigenvalue weighted by Crippen LogP contribution is -2.25. The van der Waals surface area contributed by atoms with E-state index < -0.39 is 41.3 Å². The number of aryl methyl sites for hydroxylation is 4. The molecule has 0 saturated carbocycles. The number of ether oxygens (including phenoxy) is 3. The van der Waals surface area contributed by atoms with Crippen molar-refractivity contribution in [3.05, 3.63) is 233 Å². The van der Waals surface area contributed by atoms with Crippen molar-refractivity contribution in [1.82, 2.24) is 30.9 Å². The molecule has 0 bridgehead atoms. The fourth-order valence-corrected chi connectivity index (χ4v) is 13.6. The number of rotatable bonds is 20. The molecule has 12 rings (SSSR count). The van der Waals surface area contributed by atoms with E-state index >= 15 is 0 Å². The molecule has 3 amide bonds. The highest BCUT2D eigenvalue weighted by molar-refractivity contribution is 7.92. The number of H-pyrrole nitrogens is 1. The molecule has 108 heavy (non-hydrogen) atoms. The number of benzene rings is 9. The van der Waals surface area contributed by atoms with Crippen molar-refractivity contribution in [1.29, 1.82) is 0 Å². The first kappa shape index (κ1) is 80.5. The number of carbonyl (C=O) groups excluding carboxylic acids is 3. The molecule has 0 atom stereocenters. The number of carbonyl (C=O) groups is 3. The van der Waals surface area contributed by atoms with E-state index in [9.17, 15) is 61.5 Å². The Morgan fingerprint density at radius 1 is 0.454 bits per heavy atom. The van der Waals surface area contributed by atoms with Gasteiger partial charge in [0.25, 0.3) is 29.1 Å². The number of nitrogens with one attached hydrogen (secondary N) is 7. The molecule has 12 aromatic rings. The fourth-order valence-electron chi connectivity index (χ4n) is 11.5. The first-order valence-electron chi connectivity index (χ1n) is 33.3. The molecular formula is C77H82N11O16P3S. The number of fused-ring (bicyclic) bond motifs is 6. The Bertz CT molecular complexity index is 5920. The number of nitro groups is 2. The van der Waals surface area contributed by atoms with Gasteiger partial charge >= 0.3 is 0 Å². The van der Waals surface area contributed by atoms with E-state index in [1.807, 2.05) is 88.4 Å². The van der Waals surface area contributed by atoms with E-state index in [0.29, 0.717) is 100 Å². The molecule has 3 aromatic heterocycles. The smallest absolute Gasteiger partial charge is 0.273 e. The lowest BCUT2D eigenvalue weighted by Gasteiger charge is -2.18. The van der Waals surface area contributed by atoms with Gasteiger partial charge in [-0.25, -0.2) is 18.4 Å². The quantitative estimate of drug-likeness (QED) is 0.0161. The van der Waals surface area contributed by atoms with Crippen LogP contribution in [0.1, 0.15) is 53.3 Å². The number of hydrogen-bond acceptors (Lipinski definition) is 20. The van der Waals surface area contributed by atoms with Crippen LogP contribution >= 0.6 is 21.4 Å². The van der Waals surface area contributed by atoms with Gasteiger partial charge in [0, 0.05) is 50.5 Å². The molecule has 3 heterocycles. The van der Waals surface area contributed by atoms with Gasteiger partial charge in [-0.2, -0.15) is 0 Å². The summed E-state index contributed by atoms with van der Waals surface area (Å²) in [6, 6.07) is 46.6. The zero-order chi connectivity index (χ0) is 78.9. The van der Waals surface area contributed by atoms with Crippen LogP contribution in [-0.4, -0.2) is 137 Å². The van der Waals surface area contributed by atoms with Gasteiger partial charge in [-0.3, -0.25) is 44.1 Å². The van der Waals surface area contributed by atoms with Crippen LogP contribution in [0.5, 0.6) is 17.2 Å². The highest BCUT2D eigenvalue weighted by atomic mass is 32.2. The van der Waals surface area contributed by atoms with Crippen LogP contribution in [0.15, 0.2) is 169 Å². The number of sulfonamides is 1. The molecular weight excluding hydrogens is 1460 g/mol. The minimum Gasteiger partial charge on any atom is -0.496 e. The minimum atomic E-state index is -3.45. The highest BCUT2D eigenvalue weighted by Gasteiger charge is 2.24. The average Bonchev–Trinajstić information content (AvgIpc) is 0.741. The van der Waals surface area contributed by atoms with Crippen LogP contribution in [0.2, 0.25) is 0 Å². The second-order valence-corrected chi connectivity index (χ2v) is 38.9. The number of methoxy groups -OCH3 is 3.